The Labute approximate surface area is 98.4 Å². The molecule has 1 aliphatic carbocycles. The summed E-state index contributed by atoms with van der Waals surface area (Å²) in [6.07, 6.45) is 6.61. The van der Waals surface area contributed by atoms with Crippen LogP contribution in [0.4, 0.5) is 0 Å². The molecule has 0 aromatic carbocycles. The molecule has 0 bridgehead atoms. The lowest BCUT2D eigenvalue weighted by molar-refractivity contribution is -0.137. The minimum absolute atomic E-state index is 0.311. The smallest absolute Gasteiger partial charge is 0.225 e. The lowest BCUT2D eigenvalue weighted by Crippen LogP contribution is -2.45. The Balaban J connectivity index is 1.83. The van der Waals surface area contributed by atoms with Gasteiger partial charge in [0.15, 0.2) is 0 Å². The van der Waals surface area contributed by atoms with Crippen molar-refractivity contribution >= 4 is 5.91 Å². The summed E-state index contributed by atoms with van der Waals surface area (Å²) in [4.78, 5) is 14.3. The van der Waals surface area contributed by atoms with Crippen molar-refractivity contribution in [3.63, 3.8) is 0 Å². The van der Waals surface area contributed by atoms with E-state index in [0.29, 0.717) is 17.9 Å². The first kappa shape index (κ1) is 11.9. The van der Waals surface area contributed by atoms with E-state index in [2.05, 4.69) is 6.92 Å². The zero-order valence-electron chi connectivity index (χ0n) is 10.3. The van der Waals surface area contributed by atoms with Gasteiger partial charge in [-0.05, 0) is 44.4 Å². The van der Waals surface area contributed by atoms with Crippen molar-refractivity contribution in [2.45, 2.75) is 51.5 Å². The van der Waals surface area contributed by atoms with Gasteiger partial charge in [0.25, 0.3) is 0 Å². The van der Waals surface area contributed by atoms with Gasteiger partial charge in [0, 0.05) is 25.0 Å². The molecule has 16 heavy (non-hydrogen) atoms. The Bertz CT molecular complexity index is 214. The molecular formula is C13H24N2O. The van der Waals surface area contributed by atoms with Crippen LogP contribution in [-0.2, 0) is 4.79 Å². The second-order valence-electron chi connectivity index (χ2n) is 5.62. The van der Waals surface area contributed by atoms with E-state index >= 15 is 0 Å². The normalized spacial score (nSPS) is 32.8. The topological polar surface area (TPSA) is 46.3 Å². The van der Waals surface area contributed by atoms with Crippen molar-refractivity contribution in [1.82, 2.24) is 4.90 Å². The van der Waals surface area contributed by atoms with E-state index in [9.17, 15) is 4.79 Å². The van der Waals surface area contributed by atoms with E-state index in [0.717, 1.165) is 44.7 Å². The van der Waals surface area contributed by atoms with Gasteiger partial charge in [-0.15, -0.1) is 0 Å². The van der Waals surface area contributed by atoms with Gasteiger partial charge in [-0.25, -0.2) is 0 Å². The summed E-state index contributed by atoms with van der Waals surface area (Å²) < 4.78 is 0. The quantitative estimate of drug-likeness (QED) is 0.737. The highest BCUT2D eigenvalue weighted by Crippen LogP contribution is 2.30. The number of carbonyl (C=O) groups is 1. The zero-order valence-corrected chi connectivity index (χ0v) is 10.3. The third kappa shape index (κ3) is 2.76. The van der Waals surface area contributed by atoms with E-state index in [1.807, 2.05) is 4.90 Å². The number of carbonyl (C=O) groups excluding carboxylic acids is 1. The molecule has 2 fully saturated rings. The lowest BCUT2D eigenvalue weighted by Gasteiger charge is -2.35. The first-order valence-electron chi connectivity index (χ1n) is 6.71. The molecule has 1 saturated carbocycles. The highest BCUT2D eigenvalue weighted by molar-refractivity contribution is 5.79. The third-order valence-corrected chi connectivity index (χ3v) is 4.22. The minimum Gasteiger partial charge on any atom is -0.342 e. The Morgan fingerprint density at radius 1 is 1.06 bits per heavy atom. The number of amides is 1. The Kier molecular flexibility index (Phi) is 3.85. The SMILES string of the molecule is CC1CCC(C(=O)N2CCC(N)CC2)CC1. The number of piperidine rings is 1. The van der Waals surface area contributed by atoms with E-state index < -0.39 is 0 Å². The fourth-order valence-electron chi connectivity index (χ4n) is 2.89. The molecular weight excluding hydrogens is 200 g/mol. The van der Waals surface area contributed by atoms with Crippen LogP contribution in [-0.4, -0.2) is 29.9 Å². The second-order valence-corrected chi connectivity index (χ2v) is 5.62. The Morgan fingerprint density at radius 2 is 1.62 bits per heavy atom. The van der Waals surface area contributed by atoms with Gasteiger partial charge in [-0.3, -0.25) is 4.79 Å². The van der Waals surface area contributed by atoms with Gasteiger partial charge in [0.05, 0.1) is 0 Å². The molecule has 0 aromatic heterocycles. The van der Waals surface area contributed by atoms with Gasteiger partial charge in [0.1, 0.15) is 0 Å². The maximum absolute atomic E-state index is 12.3. The van der Waals surface area contributed by atoms with Crippen LogP contribution >= 0.6 is 0 Å². The van der Waals surface area contributed by atoms with Crippen LogP contribution in [0.1, 0.15) is 45.4 Å². The number of hydrogen-bond acceptors (Lipinski definition) is 2. The molecule has 2 N–H and O–H groups in total. The molecule has 0 aromatic rings. The zero-order chi connectivity index (χ0) is 11.5. The molecule has 0 spiro atoms. The molecule has 1 saturated heterocycles. The van der Waals surface area contributed by atoms with Gasteiger partial charge in [0.2, 0.25) is 5.91 Å². The summed E-state index contributed by atoms with van der Waals surface area (Å²) >= 11 is 0. The van der Waals surface area contributed by atoms with Crippen LogP contribution in [0.3, 0.4) is 0 Å². The largest absolute Gasteiger partial charge is 0.342 e. The first-order chi connectivity index (χ1) is 7.66. The Hall–Kier alpha value is -0.570. The van der Waals surface area contributed by atoms with Gasteiger partial charge in [-0.1, -0.05) is 6.92 Å². The van der Waals surface area contributed by atoms with Crippen LogP contribution in [0.25, 0.3) is 0 Å². The third-order valence-electron chi connectivity index (χ3n) is 4.22. The van der Waals surface area contributed by atoms with E-state index in [1.165, 1.54) is 12.8 Å². The van der Waals surface area contributed by atoms with Crippen LogP contribution in [0.15, 0.2) is 0 Å². The fourth-order valence-corrected chi connectivity index (χ4v) is 2.89. The molecule has 1 aliphatic heterocycles. The van der Waals surface area contributed by atoms with Crippen molar-refractivity contribution in [2.75, 3.05) is 13.1 Å². The van der Waals surface area contributed by atoms with Crippen molar-refractivity contribution < 1.29 is 4.79 Å². The van der Waals surface area contributed by atoms with Crippen LogP contribution in [0.5, 0.6) is 0 Å². The van der Waals surface area contributed by atoms with E-state index in [1.54, 1.807) is 0 Å². The summed E-state index contributed by atoms with van der Waals surface area (Å²) in [6, 6.07) is 0.315. The lowest BCUT2D eigenvalue weighted by atomic mass is 9.82. The maximum Gasteiger partial charge on any atom is 0.225 e. The molecule has 0 radical (unpaired) electrons. The summed E-state index contributed by atoms with van der Waals surface area (Å²) in [6.45, 7) is 4.05. The standard InChI is InChI=1S/C13H24N2O/c1-10-2-4-11(5-3-10)13(16)15-8-6-12(14)7-9-15/h10-12H,2-9,14H2,1H3. The molecule has 3 nitrogen and oxygen atoms in total. The summed E-state index contributed by atoms with van der Waals surface area (Å²) in [5.74, 6) is 1.53. The van der Waals surface area contributed by atoms with Gasteiger partial charge in [-0.2, -0.15) is 0 Å². The highest BCUT2D eigenvalue weighted by Gasteiger charge is 2.29. The molecule has 2 aliphatic rings. The van der Waals surface area contributed by atoms with E-state index in [-0.39, 0.29) is 0 Å². The highest BCUT2D eigenvalue weighted by atomic mass is 16.2. The Morgan fingerprint density at radius 3 is 2.19 bits per heavy atom. The van der Waals surface area contributed by atoms with Crippen LogP contribution < -0.4 is 5.73 Å². The molecule has 0 unspecified atom stereocenters. The fraction of sp³-hybridized carbons (Fsp3) is 0.923. The maximum atomic E-state index is 12.3. The predicted molar refractivity (Wildman–Crippen MR) is 64.9 cm³/mol. The van der Waals surface area contributed by atoms with Crippen LogP contribution in [0.2, 0.25) is 0 Å². The average molecular weight is 224 g/mol. The molecule has 0 atom stereocenters. The molecule has 3 heteroatoms. The predicted octanol–water partition coefficient (Wildman–Crippen LogP) is 1.76. The molecule has 92 valence electrons. The molecule has 1 amide bonds. The van der Waals surface area contributed by atoms with Crippen LogP contribution in [0, 0.1) is 11.8 Å². The second kappa shape index (κ2) is 5.17. The summed E-state index contributed by atoms with van der Waals surface area (Å²) in [7, 11) is 0. The van der Waals surface area contributed by atoms with Gasteiger partial charge >= 0.3 is 0 Å². The monoisotopic (exact) mass is 224 g/mol. The number of likely N-dealkylation sites (tertiary alicyclic amines) is 1. The van der Waals surface area contributed by atoms with E-state index in [4.69, 9.17) is 5.73 Å². The average Bonchev–Trinajstić information content (AvgIpc) is 2.30. The number of hydrogen-bond donors (Lipinski definition) is 1. The minimum atomic E-state index is 0.311. The first-order valence-corrected chi connectivity index (χ1v) is 6.71. The van der Waals surface area contributed by atoms with Crippen molar-refractivity contribution in [1.29, 1.82) is 0 Å². The summed E-state index contributed by atoms with van der Waals surface area (Å²) in [5.41, 5.74) is 5.86. The molecule has 2 rings (SSSR count). The van der Waals surface area contributed by atoms with Crippen molar-refractivity contribution in [3.8, 4) is 0 Å². The summed E-state index contributed by atoms with van der Waals surface area (Å²) in [5, 5.41) is 0. The number of nitrogens with zero attached hydrogens (tertiary/aromatic N) is 1. The number of nitrogens with two attached hydrogens (primary N) is 1. The molecule has 1 heterocycles. The van der Waals surface area contributed by atoms with Gasteiger partial charge < -0.3 is 10.6 Å². The van der Waals surface area contributed by atoms with Crippen molar-refractivity contribution in [2.24, 2.45) is 17.6 Å². The van der Waals surface area contributed by atoms with Crippen molar-refractivity contribution in [3.05, 3.63) is 0 Å². The number of rotatable bonds is 1.